The summed E-state index contributed by atoms with van der Waals surface area (Å²) >= 11 is 5.95. The Bertz CT molecular complexity index is 4920. The Morgan fingerprint density at radius 3 is 1.31 bits per heavy atom. The number of aromatic amines is 3. The molecule has 0 unspecified atom stereocenters. The average molecular weight is 1800 g/mol. The highest BCUT2D eigenvalue weighted by Gasteiger charge is 2.33. The molecule has 9 aromatic heterocycles. The van der Waals surface area contributed by atoms with Crippen LogP contribution >= 0.6 is 34.0 Å². The number of rotatable bonds is 60. The number of aromatic nitrogens is 9. The molecule has 11 aromatic rings. The summed E-state index contributed by atoms with van der Waals surface area (Å²) in [6.07, 6.45) is 65.2. The number of hydrogen-bond acceptors (Lipinski definition) is 12. The SMILES string of the molecule is CCCCCCCCOc1cccc(C)c1-c1ccc(-c2cc(C(F)(F)F)[nH]n2)nc1.CCCCCCOc1ccc(-c2cc(-c3cc(/C=C/c4sc(CCCCCC)cc4CCCCCC)ccn3)[nH]n2)c(OCCCCCC)c1.CCCCCCc1cc(CCCCCC)c(/C=C/c2ccnc(-c3cc(-c4sc(CCCCCC)cc4CCCCCC)[nH]n3)c2)s1. The Morgan fingerprint density at radius 2 is 0.781 bits per heavy atom. The van der Waals surface area contributed by atoms with Gasteiger partial charge in [-0.15, -0.1) is 34.0 Å². The first-order chi connectivity index (χ1) is 62.7. The van der Waals surface area contributed by atoms with Crippen LogP contribution in [0.4, 0.5) is 13.2 Å². The summed E-state index contributed by atoms with van der Waals surface area (Å²) in [5, 5.41) is 21.9. The lowest BCUT2D eigenvalue weighted by Gasteiger charge is -2.14. The van der Waals surface area contributed by atoms with E-state index < -0.39 is 11.9 Å². The summed E-state index contributed by atoms with van der Waals surface area (Å²) in [4.78, 5) is 22.6. The highest BCUT2D eigenvalue weighted by Crippen LogP contribution is 2.40. The molecule has 0 atom stereocenters. The number of aryl methyl sites for hydroxylation is 7. The van der Waals surface area contributed by atoms with E-state index in [4.69, 9.17) is 34.4 Å². The van der Waals surface area contributed by atoms with Crippen LogP contribution < -0.4 is 14.2 Å². The molecule has 2 aromatic carbocycles. The number of ether oxygens (including phenoxy) is 3. The summed E-state index contributed by atoms with van der Waals surface area (Å²) in [5.41, 5.74) is 15.9. The van der Waals surface area contributed by atoms with Gasteiger partial charge in [0, 0.05) is 65.7 Å². The molecule has 0 aliphatic heterocycles. The number of nitrogens with one attached hydrogen (secondary N) is 3. The summed E-state index contributed by atoms with van der Waals surface area (Å²) in [6, 6.07) is 36.9. The Hall–Kier alpha value is -8.71. The van der Waals surface area contributed by atoms with Crippen LogP contribution in [0.2, 0.25) is 0 Å². The van der Waals surface area contributed by atoms with Gasteiger partial charge in [0.1, 0.15) is 34.3 Å². The fraction of sp³-hybridized carbons (Fsp3) is 0.527. The Balaban J connectivity index is 0.000000223. The smallest absolute Gasteiger partial charge is 0.432 e. The third-order valence-electron chi connectivity index (χ3n) is 23.7. The molecule has 12 nitrogen and oxygen atoms in total. The van der Waals surface area contributed by atoms with Crippen LogP contribution in [0.15, 0.2) is 128 Å². The molecule has 9 heterocycles. The fourth-order valence-corrected chi connectivity index (χ4v) is 19.6. The van der Waals surface area contributed by atoms with Gasteiger partial charge in [0.15, 0.2) is 0 Å². The minimum atomic E-state index is -4.46. The summed E-state index contributed by atoms with van der Waals surface area (Å²) in [7, 11) is 0. The van der Waals surface area contributed by atoms with Crippen molar-refractivity contribution >= 4 is 58.3 Å². The monoisotopic (exact) mass is 1800 g/mol. The quantitative estimate of drug-likeness (QED) is 0.0316. The first-order valence-electron chi connectivity index (χ1n) is 49.7. The molecular formula is C110H152F3N9O3S3. The highest BCUT2D eigenvalue weighted by molar-refractivity contribution is 7.15. The van der Waals surface area contributed by atoms with Crippen molar-refractivity contribution in [2.24, 2.45) is 0 Å². The van der Waals surface area contributed by atoms with Crippen LogP contribution in [-0.2, 0) is 44.7 Å². The molecular weight excluding hydrogens is 1650 g/mol. The number of alkyl halides is 3. The Morgan fingerprint density at radius 1 is 0.344 bits per heavy atom. The first kappa shape index (κ1) is 103. The molecule has 0 amide bonds. The first-order valence-corrected chi connectivity index (χ1v) is 52.1. The maximum absolute atomic E-state index is 12.8. The molecule has 0 bridgehead atoms. The second-order valence-corrected chi connectivity index (χ2v) is 38.2. The summed E-state index contributed by atoms with van der Waals surface area (Å²) in [5.74, 6) is 2.47. The molecule has 0 fully saturated rings. The van der Waals surface area contributed by atoms with Gasteiger partial charge in [-0.05, 0) is 234 Å². The van der Waals surface area contributed by atoms with Crippen molar-refractivity contribution in [3.05, 3.63) is 191 Å². The van der Waals surface area contributed by atoms with Crippen LogP contribution in [0.25, 0.3) is 91.4 Å². The van der Waals surface area contributed by atoms with Crippen molar-refractivity contribution in [2.75, 3.05) is 19.8 Å². The van der Waals surface area contributed by atoms with E-state index in [1.54, 1.807) is 17.1 Å². The van der Waals surface area contributed by atoms with Crippen molar-refractivity contribution in [1.82, 2.24) is 45.5 Å². The van der Waals surface area contributed by atoms with E-state index in [1.165, 1.54) is 297 Å². The molecule has 3 N–H and O–H groups in total. The van der Waals surface area contributed by atoms with E-state index in [2.05, 4.69) is 168 Å². The average Bonchev–Trinajstić information content (AvgIpc) is 1.82. The van der Waals surface area contributed by atoms with Crippen LogP contribution in [0, 0.1) is 6.92 Å². The molecule has 0 aliphatic rings. The molecule has 0 saturated carbocycles. The molecule has 128 heavy (non-hydrogen) atoms. The van der Waals surface area contributed by atoms with Gasteiger partial charge in [-0.1, -0.05) is 279 Å². The van der Waals surface area contributed by atoms with Crippen LogP contribution in [0.5, 0.6) is 17.2 Å². The Kier molecular flexibility index (Phi) is 47.9. The standard InChI is InChI=1S/C44H63N3O2S.C42H61N3S2.C24H28F3N3O/c1-5-9-13-17-21-36-32-38(22-18-14-10-6-2)50-44(36)26-23-35-27-28-45-41(31-35)42-34-40(46-47-42)39-25-24-37(48-29-19-15-11-7-3)33-43(39)49-30-20-16-12-8-4;1-5-9-13-17-21-34-30-36(23-19-15-11-7-3)46-41(34)26-25-33-27-28-43-38(29-33)39-32-40(45-44-39)42-35(22-18-14-10-6-2)31-37(47-42)24-20-16-12-8-4;1-3-4-5-6-7-8-14-31-21-11-9-10-17(2)23(21)18-12-13-19(28-16-18)20-15-22(30-29-20)24(25,26)27/h23-28,31-34H,5-22,29-30H2,1-4H3,(H,46,47);25-32H,5-24H2,1-4H3,(H,44,45);9-13,15-16H,3-8,14H2,1-2H3,(H,29,30)/b26-23+;26-25+;. The summed E-state index contributed by atoms with van der Waals surface area (Å²) < 4.78 is 56.9. The topological polar surface area (TPSA) is 152 Å². The predicted octanol–water partition coefficient (Wildman–Crippen LogP) is 34.7. The second-order valence-electron chi connectivity index (χ2n) is 34.7. The van der Waals surface area contributed by atoms with Crippen molar-refractivity contribution in [1.29, 1.82) is 0 Å². The fourth-order valence-electron chi connectivity index (χ4n) is 16.1. The van der Waals surface area contributed by atoms with E-state index in [1.807, 2.05) is 94.8 Å². The van der Waals surface area contributed by atoms with Gasteiger partial charge in [-0.3, -0.25) is 30.2 Å². The van der Waals surface area contributed by atoms with Crippen LogP contribution in [-0.4, -0.2) is 65.4 Å². The van der Waals surface area contributed by atoms with Gasteiger partial charge >= 0.3 is 6.18 Å². The zero-order valence-electron chi connectivity index (χ0n) is 79.4. The number of pyridine rings is 3. The maximum atomic E-state index is 12.8. The second kappa shape index (κ2) is 59.6. The minimum absolute atomic E-state index is 0.156. The van der Waals surface area contributed by atoms with E-state index in [0.717, 1.165) is 124 Å². The zero-order valence-corrected chi connectivity index (χ0v) is 81.9. The number of nitrogens with zero attached hydrogens (tertiary/aromatic N) is 6. The highest BCUT2D eigenvalue weighted by atomic mass is 32.1. The van der Waals surface area contributed by atoms with E-state index in [-0.39, 0.29) is 5.69 Å². The zero-order chi connectivity index (χ0) is 90.6. The van der Waals surface area contributed by atoms with Crippen molar-refractivity contribution in [3.8, 4) is 84.4 Å². The van der Waals surface area contributed by atoms with E-state index in [0.29, 0.717) is 18.9 Å². The van der Waals surface area contributed by atoms with E-state index in [9.17, 15) is 13.2 Å². The third kappa shape index (κ3) is 35.9. The van der Waals surface area contributed by atoms with Gasteiger partial charge in [0.05, 0.1) is 58.9 Å². The maximum Gasteiger partial charge on any atom is 0.432 e. The third-order valence-corrected chi connectivity index (χ3v) is 27.3. The number of H-pyrrole nitrogens is 3. The largest absolute Gasteiger partial charge is 0.493 e. The van der Waals surface area contributed by atoms with Gasteiger partial charge in [-0.25, -0.2) is 0 Å². The number of thiophene rings is 3. The number of benzene rings is 2. The number of halogens is 3. The molecule has 18 heteroatoms. The van der Waals surface area contributed by atoms with Crippen LogP contribution in [0.3, 0.4) is 0 Å². The predicted molar refractivity (Wildman–Crippen MR) is 541 cm³/mol. The molecule has 694 valence electrons. The Labute approximate surface area is 779 Å². The molecule has 0 aliphatic carbocycles. The lowest BCUT2D eigenvalue weighted by atomic mass is 10.0. The number of unbranched alkanes of at least 4 members (excludes halogenated alkanes) is 29. The van der Waals surface area contributed by atoms with Crippen molar-refractivity contribution in [3.63, 3.8) is 0 Å². The number of hydrogen-bond donors (Lipinski definition) is 3. The molecule has 0 spiro atoms. The van der Waals surface area contributed by atoms with E-state index >= 15 is 0 Å². The van der Waals surface area contributed by atoms with Crippen molar-refractivity contribution in [2.45, 2.75) is 358 Å². The molecule has 0 saturated heterocycles. The molecule has 0 radical (unpaired) electrons. The van der Waals surface area contributed by atoms with Gasteiger partial charge in [-0.2, -0.15) is 28.5 Å². The summed E-state index contributed by atoms with van der Waals surface area (Å²) in [6.45, 7) is 24.5. The lowest BCUT2D eigenvalue weighted by molar-refractivity contribution is -0.141. The lowest BCUT2D eigenvalue weighted by Crippen LogP contribution is -2.04. The van der Waals surface area contributed by atoms with Crippen molar-refractivity contribution < 1.29 is 27.4 Å². The minimum Gasteiger partial charge on any atom is -0.493 e. The normalized spacial score (nSPS) is 11.6. The van der Waals surface area contributed by atoms with Gasteiger partial charge < -0.3 is 14.2 Å². The molecule has 11 rings (SSSR count). The van der Waals surface area contributed by atoms with Crippen LogP contribution in [0.1, 0.15) is 370 Å². The van der Waals surface area contributed by atoms with Gasteiger partial charge in [0.2, 0.25) is 0 Å². The van der Waals surface area contributed by atoms with Gasteiger partial charge in [0.25, 0.3) is 0 Å².